The molecule has 0 aliphatic carbocycles. The third-order valence-corrected chi connectivity index (χ3v) is 3.17. The fraction of sp³-hybridized carbons (Fsp3) is 0.571. The van der Waals surface area contributed by atoms with E-state index in [1.54, 1.807) is 0 Å². The summed E-state index contributed by atoms with van der Waals surface area (Å²) in [5, 5.41) is 0. The Kier molecular flexibility index (Phi) is 3.97. The van der Waals surface area contributed by atoms with Crippen molar-refractivity contribution in [1.29, 1.82) is 0 Å². The van der Waals surface area contributed by atoms with Crippen LogP contribution in [0.15, 0.2) is 24.3 Å². The van der Waals surface area contributed by atoms with E-state index in [1.807, 2.05) is 0 Å². The van der Waals surface area contributed by atoms with Crippen LogP contribution in [0, 0.1) is 6.92 Å². The Balaban J connectivity index is 1.82. The minimum Gasteiger partial charge on any atom is -0.350 e. The van der Waals surface area contributed by atoms with E-state index in [0.717, 1.165) is 26.1 Å². The fourth-order valence-electron chi connectivity index (χ4n) is 2.02. The molecular formula is C14H20O2. The molecule has 1 heterocycles. The van der Waals surface area contributed by atoms with Gasteiger partial charge in [-0.2, -0.15) is 0 Å². The van der Waals surface area contributed by atoms with Crippen LogP contribution in [0.4, 0.5) is 0 Å². The smallest absolute Gasteiger partial charge is 0.157 e. The van der Waals surface area contributed by atoms with Gasteiger partial charge in [-0.25, -0.2) is 0 Å². The molecule has 2 heteroatoms. The van der Waals surface area contributed by atoms with Crippen molar-refractivity contribution in [3.05, 3.63) is 35.4 Å². The van der Waals surface area contributed by atoms with Crippen molar-refractivity contribution in [1.82, 2.24) is 0 Å². The molecule has 1 saturated heterocycles. The number of hydrogen-bond donors (Lipinski definition) is 0. The van der Waals surface area contributed by atoms with Crippen molar-refractivity contribution in [3.8, 4) is 0 Å². The second kappa shape index (κ2) is 5.46. The molecule has 16 heavy (non-hydrogen) atoms. The molecule has 0 unspecified atom stereocenters. The molecule has 0 saturated carbocycles. The monoisotopic (exact) mass is 220 g/mol. The molecule has 1 aliphatic rings. The van der Waals surface area contributed by atoms with Crippen molar-refractivity contribution in [3.63, 3.8) is 0 Å². The summed E-state index contributed by atoms with van der Waals surface area (Å²) in [6, 6.07) is 8.79. The number of benzene rings is 1. The van der Waals surface area contributed by atoms with Gasteiger partial charge in [-0.05, 0) is 31.2 Å². The van der Waals surface area contributed by atoms with Gasteiger partial charge in [0.1, 0.15) is 0 Å². The maximum absolute atomic E-state index is 5.44. The van der Waals surface area contributed by atoms with E-state index in [1.165, 1.54) is 11.1 Å². The van der Waals surface area contributed by atoms with Crippen molar-refractivity contribution in [2.24, 2.45) is 0 Å². The first-order chi connectivity index (χ1) is 7.75. The SMILES string of the molecule is Cc1ccc([C@H](C)CCC2OCCO2)cc1. The average Bonchev–Trinajstić information content (AvgIpc) is 2.80. The molecule has 1 aromatic rings. The van der Waals surface area contributed by atoms with Gasteiger partial charge < -0.3 is 9.47 Å². The van der Waals surface area contributed by atoms with Gasteiger partial charge in [0.2, 0.25) is 0 Å². The van der Waals surface area contributed by atoms with E-state index in [2.05, 4.69) is 38.1 Å². The minimum absolute atomic E-state index is 0.0351. The maximum atomic E-state index is 5.44. The predicted molar refractivity (Wildman–Crippen MR) is 64.5 cm³/mol. The first kappa shape index (κ1) is 11.6. The highest BCUT2D eigenvalue weighted by Crippen LogP contribution is 2.23. The van der Waals surface area contributed by atoms with Crippen LogP contribution in [0.5, 0.6) is 0 Å². The van der Waals surface area contributed by atoms with Gasteiger partial charge in [0.05, 0.1) is 13.2 Å². The lowest BCUT2D eigenvalue weighted by Crippen LogP contribution is -2.08. The maximum Gasteiger partial charge on any atom is 0.157 e. The zero-order chi connectivity index (χ0) is 11.4. The Labute approximate surface area is 97.6 Å². The third-order valence-electron chi connectivity index (χ3n) is 3.17. The predicted octanol–water partition coefficient (Wildman–Crippen LogP) is 3.25. The van der Waals surface area contributed by atoms with Gasteiger partial charge in [-0.15, -0.1) is 0 Å². The first-order valence-electron chi connectivity index (χ1n) is 6.05. The number of ether oxygens (including phenoxy) is 2. The summed E-state index contributed by atoms with van der Waals surface area (Å²) in [5.74, 6) is 0.577. The third kappa shape index (κ3) is 3.06. The Bertz CT molecular complexity index is 312. The summed E-state index contributed by atoms with van der Waals surface area (Å²) in [6.07, 6.45) is 2.15. The summed E-state index contributed by atoms with van der Waals surface area (Å²) in [5.41, 5.74) is 2.72. The lowest BCUT2D eigenvalue weighted by atomic mass is 9.95. The molecule has 1 fully saturated rings. The minimum atomic E-state index is 0.0351. The van der Waals surface area contributed by atoms with E-state index in [4.69, 9.17) is 9.47 Å². The molecule has 0 radical (unpaired) electrons. The second-order valence-corrected chi connectivity index (χ2v) is 4.56. The molecule has 0 spiro atoms. The van der Waals surface area contributed by atoms with E-state index in [-0.39, 0.29) is 6.29 Å². The Morgan fingerprint density at radius 3 is 2.44 bits per heavy atom. The van der Waals surface area contributed by atoms with Crippen LogP contribution in [0.3, 0.4) is 0 Å². The van der Waals surface area contributed by atoms with Crippen LogP contribution in [0.2, 0.25) is 0 Å². The van der Waals surface area contributed by atoms with Crippen molar-refractivity contribution >= 4 is 0 Å². The molecule has 2 nitrogen and oxygen atoms in total. The van der Waals surface area contributed by atoms with Crippen molar-refractivity contribution < 1.29 is 9.47 Å². The summed E-state index contributed by atoms with van der Waals surface area (Å²) in [6.45, 7) is 5.89. The topological polar surface area (TPSA) is 18.5 Å². The summed E-state index contributed by atoms with van der Waals surface area (Å²) >= 11 is 0. The summed E-state index contributed by atoms with van der Waals surface area (Å²) in [4.78, 5) is 0. The highest BCUT2D eigenvalue weighted by atomic mass is 16.7. The van der Waals surface area contributed by atoms with E-state index in [0.29, 0.717) is 5.92 Å². The normalized spacial score (nSPS) is 18.9. The lowest BCUT2D eigenvalue weighted by Gasteiger charge is -2.14. The zero-order valence-electron chi connectivity index (χ0n) is 10.1. The van der Waals surface area contributed by atoms with Crippen LogP contribution in [0.1, 0.15) is 36.8 Å². The van der Waals surface area contributed by atoms with Gasteiger partial charge in [-0.1, -0.05) is 36.8 Å². The van der Waals surface area contributed by atoms with Gasteiger partial charge in [0, 0.05) is 0 Å². The first-order valence-corrected chi connectivity index (χ1v) is 6.05. The second-order valence-electron chi connectivity index (χ2n) is 4.56. The van der Waals surface area contributed by atoms with Crippen LogP contribution in [-0.2, 0) is 9.47 Å². The number of aryl methyl sites for hydroxylation is 1. The van der Waals surface area contributed by atoms with Gasteiger partial charge >= 0.3 is 0 Å². The standard InChI is InChI=1S/C14H20O2/c1-11-3-6-13(7-4-11)12(2)5-8-14-15-9-10-16-14/h3-4,6-7,12,14H,5,8-10H2,1-2H3/t12-/m1/s1. The molecule has 1 aliphatic heterocycles. The van der Waals surface area contributed by atoms with E-state index < -0.39 is 0 Å². The molecule has 1 aromatic carbocycles. The Hall–Kier alpha value is -0.860. The highest BCUT2D eigenvalue weighted by molar-refractivity contribution is 5.23. The molecule has 1 atom stereocenters. The zero-order valence-corrected chi connectivity index (χ0v) is 10.1. The lowest BCUT2D eigenvalue weighted by molar-refractivity contribution is -0.0485. The molecule has 2 rings (SSSR count). The quantitative estimate of drug-likeness (QED) is 0.775. The van der Waals surface area contributed by atoms with Crippen molar-refractivity contribution in [2.45, 2.75) is 38.9 Å². The molecule has 0 bridgehead atoms. The molecule has 0 amide bonds. The molecule has 88 valence electrons. The average molecular weight is 220 g/mol. The molecule has 0 aromatic heterocycles. The summed E-state index contributed by atoms with van der Waals surface area (Å²) < 4.78 is 10.9. The van der Waals surface area contributed by atoms with Gasteiger partial charge in [0.15, 0.2) is 6.29 Å². The number of hydrogen-bond acceptors (Lipinski definition) is 2. The largest absolute Gasteiger partial charge is 0.350 e. The fourth-order valence-corrected chi connectivity index (χ4v) is 2.02. The highest BCUT2D eigenvalue weighted by Gasteiger charge is 2.17. The molecular weight excluding hydrogens is 200 g/mol. The van der Waals surface area contributed by atoms with Crippen LogP contribution in [-0.4, -0.2) is 19.5 Å². The van der Waals surface area contributed by atoms with E-state index in [9.17, 15) is 0 Å². The van der Waals surface area contributed by atoms with Crippen LogP contribution in [0.25, 0.3) is 0 Å². The summed E-state index contributed by atoms with van der Waals surface area (Å²) in [7, 11) is 0. The van der Waals surface area contributed by atoms with Crippen LogP contribution < -0.4 is 0 Å². The van der Waals surface area contributed by atoms with E-state index >= 15 is 0 Å². The molecule has 0 N–H and O–H groups in total. The number of rotatable bonds is 4. The van der Waals surface area contributed by atoms with Crippen molar-refractivity contribution in [2.75, 3.05) is 13.2 Å². The van der Waals surface area contributed by atoms with Crippen LogP contribution >= 0.6 is 0 Å². The Morgan fingerprint density at radius 2 is 1.81 bits per heavy atom. The van der Waals surface area contributed by atoms with Gasteiger partial charge in [-0.3, -0.25) is 0 Å². The Morgan fingerprint density at radius 1 is 1.19 bits per heavy atom. The van der Waals surface area contributed by atoms with Gasteiger partial charge in [0.25, 0.3) is 0 Å².